The predicted molar refractivity (Wildman–Crippen MR) is 85.8 cm³/mol. The average molecular weight is 285 g/mol. The molecule has 0 rings (SSSR count). The standard InChI is InChI=1S/C16H32O2Si/c1-7-10-12-19(13-11-8-2,15(6)9-3)18-16(17)14(4)5/h15H,4,7-13H2,1-3,5-6H3. The van der Waals surface area contributed by atoms with Gasteiger partial charge in [-0.3, -0.25) is 0 Å². The van der Waals surface area contributed by atoms with Gasteiger partial charge in [0.1, 0.15) is 0 Å². The van der Waals surface area contributed by atoms with Gasteiger partial charge in [0, 0.05) is 5.57 Å². The van der Waals surface area contributed by atoms with Crippen LogP contribution in [-0.4, -0.2) is 14.3 Å². The molecule has 0 radical (unpaired) electrons. The van der Waals surface area contributed by atoms with Crippen molar-refractivity contribution >= 4 is 14.3 Å². The van der Waals surface area contributed by atoms with E-state index < -0.39 is 8.32 Å². The van der Waals surface area contributed by atoms with E-state index in [0.717, 1.165) is 18.5 Å². The molecule has 0 aliphatic heterocycles. The molecule has 0 bridgehead atoms. The highest BCUT2D eigenvalue weighted by Crippen LogP contribution is 2.36. The van der Waals surface area contributed by atoms with Crippen molar-refractivity contribution in [2.75, 3.05) is 0 Å². The molecule has 19 heavy (non-hydrogen) atoms. The second kappa shape index (κ2) is 9.35. The maximum Gasteiger partial charge on any atom is 0.319 e. The minimum absolute atomic E-state index is 0.167. The Hall–Kier alpha value is -0.573. The monoisotopic (exact) mass is 284 g/mol. The molecule has 0 aromatic heterocycles. The van der Waals surface area contributed by atoms with Crippen LogP contribution >= 0.6 is 0 Å². The lowest BCUT2D eigenvalue weighted by Gasteiger charge is -2.36. The van der Waals surface area contributed by atoms with Gasteiger partial charge in [0.15, 0.2) is 0 Å². The van der Waals surface area contributed by atoms with Gasteiger partial charge in [-0.1, -0.05) is 66.4 Å². The van der Waals surface area contributed by atoms with E-state index in [1.165, 1.54) is 25.7 Å². The molecular formula is C16H32O2Si. The number of carbonyl (C=O) groups is 1. The summed E-state index contributed by atoms with van der Waals surface area (Å²) < 4.78 is 6.06. The Balaban J connectivity index is 5.08. The summed E-state index contributed by atoms with van der Waals surface area (Å²) in [6.07, 6.45) is 5.78. The third-order valence-corrected chi connectivity index (χ3v) is 9.26. The third kappa shape index (κ3) is 5.94. The van der Waals surface area contributed by atoms with Gasteiger partial charge < -0.3 is 4.43 Å². The van der Waals surface area contributed by atoms with Crippen molar-refractivity contribution in [3.63, 3.8) is 0 Å². The average Bonchev–Trinajstić information content (AvgIpc) is 2.40. The molecule has 0 heterocycles. The minimum atomic E-state index is -1.98. The van der Waals surface area contributed by atoms with Crippen LogP contribution in [0.15, 0.2) is 12.2 Å². The molecule has 3 heteroatoms. The van der Waals surface area contributed by atoms with Crippen LogP contribution in [-0.2, 0) is 9.22 Å². The number of unbranched alkanes of at least 4 members (excludes halogenated alkanes) is 2. The molecule has 0 aromatic carbocycles. The Morgan fingerprint density at radius 1 is 1.16 bits per heavy atom. The lowest BCUT2D eigenvalue weighted by atomic mass is 10.4. The topological polar surface area (TPSA) is 26.3 Å². The summed E-state index contributed by atoms with van der Waals surface area (Å²) in [5, 5.41) is 0. The summed E-state index contributed by atoms with van der Waals surface area (Å²) >= 11 is 0. The van der Waals surface area contributed by atoms with Crippen molar-refractivity contribution in [1.29, 1.82) is 0 Å². The second-order valence-electron chi connectivity index (χ2n) is 5.75. The van der Waals surface area contributed by atoms with Gasteiger partial charge >= 0.3 is 5.97 Å². The zero-order valence-corrected chi connectivity index (χ0v) is 14.6. The van der Waals surface area contributed by atoms with Crippen molar-refractivity contribution < 1.29 is 9.22 Å². The highest BCUT2D eigenvalue weighted by molar-refractivity contribution is 6.76. The van der Waals surface area contributed by atoms with Gasteiger partial charge in [-0.25, -0.2) is 4.79 Å². The lowest BCUT2D eigenvalue weighted by Crippen LogP contribution is -2.44. The Morgan fingerprint density at radius 3 is 1.95 bits per heavy atom. The van der Waals surface area contributed by atoms with E-state index >= 15 is 0 Å². The molecule has 0 aliphatic rings. The van der Waals surface area contributed by atoms with E-state index in [-0.39, 0.29) is 5.97 Å². The third-order valence-electron chi connectivity index (χ3n) is 4.06. The maximum absolute atomic E-state index is 12.0. The number of hydrogen-bond donors (Lipinski definition) is 0. The molecule has 0 aliphatic carbocycles. The summed E-state index contributed by atoms with van der Waals surface area (Å²) in [6, 6.07) is 2.22. The molecule has 0 N–H and O–H groups in total. The molecule has 2 nitrogen and oxygen atoms in total. The quantitative estimate of drug-likeness (QED) is 0.394. The summed E-state index contributed by atoms with van der Waals surface area (Å²) in [7, 11) is -1.98. The zero-order valence-electron chi connectivity index (χ0n) is 13.6. The summed E-state index contributed by atoms with van der Waals surface area (Å²) in [5.74, 6) is -0.167. The van der Waals surface area contributed by atoms with Crippen LogP contribution < -0.4 is 0 Å². The first-order valence-corrected chi connectivity index (χ1v) is 10.2. The van der Waals surface area contributed by atoms with Crippen LogP contribution in [0.4, 0.5) is 0 Å². The first-order valence-electron chi connectivity index (χ1n) is 7.82. The molecule has 0 fully saturated rings. The van der Waals surface area contributed by atoms with E-state index in [9.17, 15) is 4.79 Å². The fraction of sp³-hybridized carbons (Fsp3) is 0.812. The minimum Gasteiger partial charge on any atom is -0.516 e. The molecule has 0 spiro atoms. The number of rotatable bonds is 10. The van der Waals surface area contributed by atoms with E-state index in [1.54, 1.807) is 6.92 Å². The molecule has 112 valence electrons. The van der Waals surface area contributed by atoms with Crippen molar-refractivity contribution in [3.8, 4) is 0 Å². The molecular weight excluding hydrogens is 252 g/mol. The van der Waals surface area contributed by atoms with Crippen molar-refractivity contribution in [2.45, 2.75) is 84.4 Å². The maximum atomic E-state index is 12.0. The van der Waals surface area contributed by atoms with Crippen LogP contribution in [0.25, 0.3) is 0 Å². The SMILES string of the molecule is C=C(C)C(=O)O[Si](CCCC)(CCCC)C(C)CC. The summed E-state index contributed by atoms with van der Waals surface area (Å²) in [5.41, 5.74) is 1.07. The van der Waals surface area contributed by atoms with Crippen LogP contribution in [0.1, 0.15) is 66.7 Å². The van der Waals surface area contributed by atoms with Gasteiger partial charge in [0.25, 0.3) is 8.32 Å². The predicted octanol–water partition coefficient (Wildman–Crippen LogP) is 5.45. The number of carbonyl (C=O) groups excluding carboxylic acids is 1. The van der Waals surface area contributed by atoms with Crippen LogP contribution in [0, 0.1) is 0 Å². The van der Waals surface area contributed by atoms with Gasteiger partial charge in [-0.15, -0.1) is 0 Å². The Morgan fingerprint density at radius 2 is 1.63 bits per heavy atom. The van der Waals surface area contributed by atoms with Crippen molar-refractivity contribution in [1.82, 2.24) is 0 Å². The zero-order chi connectivity index (χ0) is 14.9. The van der Waals surface area contributed by atoms with E-state index in [4.69, 9.17) is 4.43 Å². The van der Waals surface area contributed by atoms with Crippen molar-refractivity contribution in [3.05, 3.63) is 12.2 Å². The fourth-order valence-corrected chi connectivity index (χ4v) is 7.25. The highest BCUT2D eigenvalue weighted by Gasteiger charge is 2.42. The van der Waals surface area contributed by atoms with Gasteiger partial charge in [0.05, 0.1) is 0 Å². The van der Waals surface area contributed by atoms with Gasteiger partial charge in [-0.2, -0.15) is 0 Å². The van der Waals surface area contributed by atoms with Crippen LogP contribution in [0.5, 0.6) is 0 Å². The number of hydrogen-bond acceptors (Lipinski definition) is 2. The van der Waals surface area contributed by atoms with E-state index in [1.807, 2.05) is 0 Å². The molecule has 1 unspecified atom stereocenters. The largest absolute Gasteiger partial charge is 0.516 e. The molecule has 0 amide bonds. The van der Waals surface area contributed by atoms with Gasteiger partial charge in [-0.05, 0) is 24.6 Å². The van der Waals surface area contributed by atoms with Crippen LogP contribution in [0.3, 0.4) is 0 Å². The lowest BCUT2D eigenvalue weighted by molar-refractivity contribution is -0.131. The Bertz CT molecular complexity index is 278. The van der Waals surface area contributed by atoms with Crippen LogP contribution in [0.2, 0.25) is 17.6 Å². The fourth-order valence-electron chi connectivity index (χ4n) is 2.42. The smallest absolute Gasteiger partial charge is 0.319 e. The van der Waals surface area contributed by atoms with Gasteiger partial charge in [0.2, 0.25) is 0 Å². The molecule has 1 atom stereocenters. The normalized spacial score (nSPS) is 13.1. The first kappa shape index (κ1) is 18.4. The highest BCUT2D eigenvalue weighted by atomic mass is 28.4. The summed E-state index contributed by atoms with van der Waals surface area (Å²) in [4.78, 5) is 12.0. The Labute approximate surface area is 120 Å². The second-order valence-corrected chi connectivity index (χ2v) is 10.1. The van der Waals surface area contributed by atoms with E-state index in [2.05, 4.69) is 34.3 Å². The first-order chi connectivity index (χ1) is 8.93. The Kier molecular flexibility index (Phi) is 9.07. The summed E-state index contributed by atoms with van der Waals surface area (Å²) in [6.45, 7) is 14.4. The molecule has 0 saturated heterocycles. The molecule has 0 aromatic rings. The van der Waals surface area contributed by atoms with Crippen molar-refractivity contribution in [2.24, 2.45) is 0 Å². The molecule has 0 saturated carbocycles. The van der Waals surface area contributed by atoms with E-state index in [0.29, 0.717) is 11.1 Å².